The van der Waals surface area contributed by atoms with Crippen LogP contribution in [0.3, 0.4) is 0 Å². The van der Waals surface area contributed by atoms with Crippen LogP contribution in [-0.2, 0) is 5.60 Å². The summed E-state index contributed by atoms with van der Waals surface area (Å²) in [5.74, 6) is -0.317. The molecule has 1 heterocycles. The number of hydrogen-bond acceptors (Lipinski definition) is 4. The van der Waals surface area contributed by atoms with Gasteiger partial charge in [0, 0.05) is 13.0 Å². The van der Waals surface area contributed by atoms with Crippen LogP contribution in [0, 0.1) is 13.8 Å². The largest absolute Gasteiger partial charge is 0.421 e. The van der Waals surface area contributed by atoms with Gasteiger partial charge in [-0.2, -0.15) is 13.2 Å². The molecule has 1 atom stereocenters. The topological polar surface area (TPSA) is 75.4 Å². The Hall–Kier alpha value is -2.35. The minimum atomic E-state index is -4.87. The lowest BCUT2D eigenvalue weighted by molar-refractivity contribution is -0.268. The predicted molar refractivity (Wildman–Crippen MR) is 79.3 cm³/mol. The number of hydrogen-bond donors (Lipinski definition) is 2. The van der Waals surface area contributed by atoms with Crippen LogP contribution >= 0.6 is 0 Å². The van der Waals surface area contributed by atoms with Gasteiger partial charge in [0.2, 0.25) is 0 Å². The zero-order chi connectivity index (χ0) is 18.0. The predicted octanol–water partition coefficient (Wildman–Crippen LogP) is 2.86. The van der Waals surface area contributed by atoms with Crippen molar-refractivity contribution in [1.29, 1.82) is 0 Å². The van der Waals surface area contributed by atoms with Crippen LogP contribution in [0.25, 0.3) is 0 Å². The fraction of sp³-hybridized carbons (Fsp3) is 0.375. The smallest absolute Gasteiger partial charge is 0.376 e. The van der Waals surface area contributed by atoms with Gasteiger partial charge in [-0.15, -0.1) is 0 Å². The summed E-state index contributed by atoms with van der Waals surface area (Å²) in [5, 5.41) is 16.1. The second-order valence-electron chi connectivity index (χ2n) is 5.43. The number of rotatable bonds is 5. The van der Waals surface area contributed by atoms with Crippen molar-refractivity contribution in [3.05, 3.63) is 52.9 Å². The standard InChI is InChI=1S/C16H17F3N2O3/c1-10-13(11(2)24-21-10)14(22)20-9-8-15(23,16(17,18)19)12-6-4-3-5-7-12/h3-7,23H,8-9H2,1-2H3,(H,20,22)/t15-/m0/s1. The third-order valence-electron chi connectivity index (χ3n) is 3.75. The van der Waals surface area contributed by atoms with E-state index in [0.29, 0.717) is 5.69 Å². The van der Waals surface area contributed by atoms with Gasteiger partial charge < -0.3 is 14.9 Å². The number of benzene rings is 1. The Kier molecular flexibility index (Phi) is 4.98. The Balaban J connectivity index is 2.11. The number of carbonyl (C=O) groups is 1. The third kappa shape index (κ3) is 3.43. The van der Waals surface area contributed by atoms with Gasteiger partial charge in [0.1, 0.15) is 11.3 Å². The van der Waals surface area contributed by atoms with Crippen molar-refractivity contribution < 1.29 is 27.6 Å². The van der Waals surface area contributed by atoms with Crippen molar-refractivity contribution in [3.8, 4) is 0 Å². The van der Waals surface area contributed by atoms with E-state index < -0.39 is 24.1 Å². The van der Waals surface area contributed by atoms with Gasteiger partial charge in [0.25, 0.3) is 5.91 Å². The van der Waals surface area contributed by atoms with Crippen LogP contribution in [-0.4, -0.2) is 28.9 Å². The highest BCUT2D eigenvalue weighted by Gasteiger charge is 2.54. The molecule has 0 fully saturated rings. The molecule has 0 aliphatic carbocycles. The van der Waals surface area contributed by atoms with Crippen LogP contribution in [0.1, 0.15) is 33.8 Å². The van der Waals surface area contributed by atoms with Crippen molar-refractivity contribution in [3.63, 3.8) is 0 Å². The van der Waals surface area contributed by atoms with Gasteiger partial charge >= 0.3 is 6.18 Å². The number of aromatic nitrogens is 1. The van der Waals surface area contributed by atoms with E-state index in [1.54, 1.807) is 13.0 Å². The molecule has 130 valence electrons. The van der Waals surface area contributed by atoms with Crippen LogP contribution in [0.15, 0.2) is 34.9 Å². The van der Waals surface area contributed by atoms with Crippen molar-refractivity contribution in [2.24, 2.45) is 0 Å². The first kappa shape index (κ1) is 18.0. The Bertz CT molecular complexity index is 694. The Morgan fingerprint density at radius 2 is 1.88 bits per heavy atom. The monoisotopic (exact) mass is 342 g/mol. The minimum absolute atomic E-state index is 0.185. The third-order valence-corrected chi connectivity index (χ3v) is 3.75. The molecule has 1 amide bonds. The van der Waals surface area contributed by atoms with Gasteiger partial charge in [-0.3, -0.25) is 4.79 Å². The van der Waals surface area contributed by atoms with E-state index in [-0.39, 0.29) is 23.4 Å². The number of carbonyl (C=O) groups excluding carboxylic acids is 1. The Morgan fingerprint density at radius 3 is 2.38 bits per heavy atom. The number of alkyl halides is 3. The maximum atomic E-state index is 13.3. The van der Waals surface area contributed by atoms with Crippen molar-refractivity contribution in [1.82, 2.24) is 10.5 Å². The van der Waals surface area contributed by atoms with Gasteiger partial charge in [0.15, 0.2) is 5.60 Å². The number of amides is 1. The van der Waals surface area contributed by atoms with Crippen LogP contribution < -0.4 is 5.32 Å². The highest BCUT2D eigenvalue weighted by Crippen LogP contribution is 2.41. The zero-order valence-electron chi connectivity index (χ0n) is 13.1. The van der Waals surface area contributed by atoms with Gasteiger partial charge in [-0.1, -0.05) is 35.5 Å². The van der Waals surface area contributed by atoms with E-state index in [1.807, 2.05) is 0 Å². The summed E-state index contributed by atoms with van der Waals surface area (Å²) in [6.45, 7) is 2.72. The van der Waals surface area contributed by atoms with Gasteiger partial charge in [-0.05, 0) is 19.4 Å². The molecule has 1 aromatic carbocycles. The number of nitrogens with zero attached hydrogens (tertiary/aromatic N) is 1. The molecule has 8 heteroatoms. The molecule has 2 N–H and O–H groups in total. The summed E-state index contributed by atoms with van der Waals surface area (Å²) in [6, 6.07) is 6.77. The number of aliphatic hydroxyl groups is 1. The van der Waals surface area contributed by atoms with Crippen LogP contribution in [0.5, 0.6) is 0 Å². The summed E-state index contributed by atoms with van der Waals surface area (Å²) in [5.41, 5.74) is -2.78. The fourth-order valence-electron chi connectivity index (χ4n) is 2.42. The van der Waals surface area contributed by atoms with E-state index in [9.17, 15) is 23.1 Å². The lowest BCUT2D eigenvalue weighted by Crippen LogP contribution is -2.45. The summed E-state index contributed by atoms with van der Waals surface area (Å²) < 4.78 is 44.8. The molecule has 0 radical (unpaired) electrons. The summed E-state index contributed by atoms with van der Waals surface area (Å²) in [7, 11) is 0. The molecule has 0 saturated heterocycles. The quantitative estimate of drug-likeness (QED) is 0.876. The lowest BCUT2D eigenvalue weighted by atomic mass is 9.89. The first-order valence-electron chi connectivity index (χ1n) is 7.22. The molecule has 0 unspecified atom stereocenters. The maximum absolute atomic E-state index is 13.3. The lowest BCUT2D eigenvalue weighted by Gasteiger charge is -2.31. The zero-order valence-corrected chi connectivity index (χ0v) is 13.1. The van der Waals surface area contributed by atoms with E-state index in [2.05, 4.69) is 10.5 Å². The van der Waals surface area contributed by atoms with Gasteiger partial charge in [-0.25, -0.2) is 0 Å². The number of aryl methyl sites for hydroxylation is 2. The maximum Gasteiger partial charge on any atom is 0.421 e. The number of halogens is 3. The SMILES string of the molecule is Cc1noc(C)c1C(=O)NCC[C@](O)(c1ccccc1)C(F)(F)F. The molecule has 0 aliphatic heterocycles. The summed E-state index contributed by atoms with van der Waals surface area (Å²) >= 11 is 0. The normalized spacial score (nSPS) is 14.2. The minimum Gasteiger partial charge on any atom is -0.376 e. The highest BCUT2D eigenvalue weighted by atomic mass is 19.4. The molecule has 5 nitrogen and oxygen atoms in total. The average Bonchev–Trinajstić information content (AvgIpc) is 2.85. The average molecular weight is 342 g/mol. The second-order valence-corrected chi connectivity index (χ2v) is 5.43. The molecular weight excluding hydrogens is 325 g/mol. The van der Waals surface area contributed by atoms with Crippen molar-refractivity contribution in [2.45, 2.75) is 32.0 Å². The number of nitrogens with one attached hydrogen (secondary N) is 1. The molecule has 0 saturated carbocycles. The fourth-order valence-corrected chi connectivity index (χ4v) is 2.42. The first-order chi connectivity index (χ1) is 11.2. The van der Waals surface area contributed by atoms with Crippen LogP contribution in [0.2, 0.25) is 0 Å². The van der Waals surface area contributed by atoms with E-state index in [1.165, 1.54) is 31.2 Å². The Morgan fingerprint density at radius 1 is 1.25 bits per heavy atom. The Labute approximate surface area is 136 Å². The molecule has 1 aromatic heterocycles. The highest BCUT2D eigenvalue weighted by molar-refractivity contribution is 5.96. The van der Waals surface area contributed by atoms with E-state index in [4.69, 9.17) is 4.52 Å². The van der Waals surface area contributed by atoms with E-state index >= 15 is 0 Å². The molecule has 2 aromatic rings. The first-order valence-corrected chi connectivity index (χ1v) is 7.22. The second kappa shape index (κ2) is 6.64. The molecule has 2 rings (SSSR count). The van der Waals surface area contributed by atoms with Crippen LogP contribution in [0.4, 0.5) is 13.2 Å². The van der Waals surface area contributed by atoms with Crippen molar-refractivity contribution >= 4 is 5.91 Å². The van der Waals surface area contributed by atoms with Gasteiger partial charge in [0.05, 0.1) is 5.69 Å². The molecule has 24 heavy (non-hydrogen) atoms. The summed E-state index contributed by atoms with van der Waals surface area (Å²) in [6.07, 6.45) is -5.59. The molecule has 0 spiro atoms. The molecular formula is C16H17F3N2O3. The van der Waals surface area contributed by atoms with E-state index in [0.717, 1.165) is 0 Å². The molecule has 0 bridgehead atoms. The van der Waals surface area contributed by atoms with Crippen molar-refractivity contribution in [2.75, 3.05) is 6.54 Å². The summed E-state index contributed by atoms with van der Waals surface area (Å²) in [4.78, 5) is 12.0. The molecule has 0 aliphatic rings.